The van der Waals surface area contributed by atoms with Crippen molar-refractivity contribution in [2.75, 3.05) is 0 Å². The van der Waals surface area contributed by atoms with Crippen molar-refractivity contribution in [3.63, 3.8) is 0 Å². The van der Waals surface area contributed by atoms with Crippen LogP contribution in [0.1, 0.15) is 158 Å². The molecule has 7 aliphatic rings. The molecular weight excluding hydrogens is 504 g/mol. The van der Waals surface area contributed by atoms with E-state index in [1.807, 2.05) is 0 Å². The van der Waals surface area contributed by atoms with E-state index in [0.717, 1.165) is 35.5 Å². The molecule has 13 unspecified atom stereocenters. The highest BCUT2D eigenvalue weighted by molar-refractivity contribution is 5.43. The maximum absolute atomic E-state index is 2.92. The summed E-state index contributed by atoms with van der Waals surface area (Å²) < 4.78 is 0. The largest absolute Gasteiger partial charge is 0.0617 e. The summed E-state index contributed by atoms with van der Waals surface area (Å²) in [5.41, 5.74) is 4.49. The second kappa shape index (κ2) is 6.69. The van der Waals surface area contributed by atoms with Crippen LogP contribution in [0.3, 0.4) is 0 Å². The molecule has 240 valence electrons. The van der Waals surface area contributed by atoms with E-state index < -0.39 is 0 Å². The van der Waals surface area contributed by atoms with E-state index in [9.17, 15) is 0 Å². The molecule has 0 nitrogen and oxygen atoms in total. The first-order valence-electron chi connectivity index (χ1n) is 18.4. The summed E-state index contributed by atoms with van der Waals surface area (Å²) in [4.78, 5) is 0. The molecule has 0 radical (unpaired) electrons. The first-order valence-corrected chi connectivity index (χ1v) is 18.4. The van der Waals surface area contributed by atoms with E-state index in [1.165, 1.54) is 19.3 Å². The Morgan fingerprint density at radius 3 is 1.36 bits per heavy atom. The Morgan fingerprint density at radius 1 is 0.405 bits per heavy atom. The Balaban J connectivity index is 1.49. The summed E-state index contributed by atoms with van der Waals surface area (Å²) in [5, 5.41) is 0. The van der Waals surface area contributed by atoms with Crippen LogP contribution in [0.2, 0.25) is 0 Å². The molecule has 0 saturated heterocycles. The minimum atomic E-state index is 0.283. The van der Waals surface area contributed by atoms with Gasteiger partial charge in [-0.25, -0.2) is 0 Å². The topological polar surface area (TPSA) is 0 Å². The molecule has 7 aliphatic carbocycles. The van der Waals surface area contributed by atoms with Gasteiger partial charge in [-0.1, -0.05) is 138 Å². The predicted octanol–water partition coefficient (Wildman–Crippen LogP) is 12.2. The quantitative estimate of drug-likeness (QED) is 0.252. The van der Waals surface area contributed by atoms with E-state index >= 15 is 0 Å². The zero-order valence-corrected chi connectivity index (χ0v) is 32.1. The molecular formula is C42H72. The van der Waals surface area contributed by atoms with E-state index in [0.29, 0.717) is 65.0 Å². The summed E-state index contributed by atoms with van der Waals surface area (Å²) >= 11 is 0. The van der Waals surface area contributed by atoms with Gasteiger partial charge >= 0.3 is 0 Å². The maximum Gasteiger partial charge on any atom is -0.0175 e. The zero-order valence-electron chi connectivity index (χ0n) is 32.1. The molecule has 1 spiro atoms. The number of hydrogen-bond acceptors (Lipinski definition) is 0. The highest BCUT2D eigenvalue weighted by Crippen LogP contribution is 3.01. The molecule has 7 rings (SSSR count). The lowest BCUT2D eigenvalue weighted by atomic mass is 9.34. The van der Waals surface area contributed by atoms with Crippen LogP contribution in [0, 0.1) is 106 Å². The fourth-order valence-electron chi connectivity index (χ4n) is 19.8. The van der Waals surface area contributed by atoms with Gasteiger partial charge in [0.25, 0.3) is 0 Å². The maximum atomic E-state index is 2.92. The van der Waals surface area contributed by atoms with Crippen molar-refractivity contribution < 1.29 is 0 Å². The molecule has 0 heterocycles. The van der Waals surface area contributed by atoms with Gasteiger partial charge in [0, 0.05) is 0 Å². The van der Waals surface area contributed by atoms with Crippen LogP contribution in [-0.2, 0) is 0 Å². The van der Waals surface area contributed by atoms with Gasteiger partial charge in [-0.3, -0.25) is 0 Å². The van der Waals surface area contributed by atoms with Crippen molar-refractivity contribution in [2.45, 2.75) is 158 Å². The van der Waals surface area contributed by atoms with Crippen LogP contribution in [0.25, 0.3) is 0 Å². The third-order valence-corrected chi connectivity index (χ3v) is 23.6. The highest BCUT2D eigenvalue weighted by Gasteiger charge is 2.96. The number of rotatable bonds is 0. The zero-order chi connectivity index (χ0) is 32.1. The summed E-state index contributed by atoms with van der Waals surface area (Å²) in [5.74, 6) is 4.83. The predicted molar refractivity (Wildman–Crippen MR) is 180 cm³/mol. The minimum absolute atomic E-state index is 0.283. The molecule has 0 amide bonds. The molecule has 0 aromatic heterocycles. The van der Waals surface area contributed by atoms with Crippen molar-refractivity contribution in [3.05, 3.63) is 0 Å². The van der Waals surface area contributed by atoms with E-state index in [1.54, 1.807) is 0 Å². The molecule has 0 aliphatic heterocycles. The first kappa shape index (κ1) is 30.6. The lowest BCUT2D eigenvalue weighted by Crippen LogP contribution is -2.65. The van der Waals surface area contributed by atoms with E-state index in [2.05, 4.69) is 138 Å². The molecule has 0 aromatic carbocycles. The lowest BCUT2D eigenvalue weighted by Gasteiger charge is -2.70. The Morgan fingerprint density at radius 2 is 0.857 bits per heavy atom. The van der Waals surface area contributed by atoms with Crippen LogP contribution in [0.15, 0.2) is 0 Å². The van der Waals surface area contributed by atoms with Gasteiger partial charge in [0.2, 0.25) is 0 Å². The van der Waals surface area contributed by atoms with Crippen molar-refractivity contribution in [2.24, 2.45) is 106 Å². The fraction of sp³-hybridized carbons (Fsp3) is 1.00. The van der Waals surface area contributed by atoms with Crippen LogP contribution >= 0.6 is 0 Å². The summed E-state index contributed by atoms with van der Waals surface area (Å²) in [7, 11) is 0. The highest BCUT2D eigenvalue weighted by atomic mass is 15.0. The lowest BCUT2D eigenvalue weighted by molar-refractivity contribution is -0.226. The van der Waals surface area contributed by atoms with Gasteiger partial charge in [0.1, 0.15) is 0 Å². The molecule has 42 heavy (non-hydrogen) atoms. The number of fused-ring (bicyclic) bond motifs is 15. The molecule has 7 saturated carbocycles. The number of hydrogen-bond donors (Lipinski definition) is 0. The van der Waals surface area contributed by atoms with Gasteiger partial charge in [0.15, 0.2) is 0 Å². The third kappa shape index (κ3) is 2.03. The fourth-order valence-corrected chi connectivity index (χ4v) is 19.8. The van der Waals surface area contributed by atoms with Crippen molar-refractivity contribution in [1.82, 2.24) is 0 Å². The molecule has 0 aromatic rings. The van der Waals surface area contributed by atoms with E-state index in [4.69, 9.17) is 0 Å². The van der Waals surface area contributed by atoms with Crippen molar-refractivity contribution in [1.29, 1.82) is 0 Å². The normalized spacial score (nSPS) is 64.3. The van der Waals surface area contributed by atoms with Gasteiger partial charge in [0.05, 0.1) is 0 Å². The second-order valence-electron chi connectivity index (χ2n) is 23.2. The molecule has 7 fully saturated rings. The first-order chi connectivity index (χ1) is 18.4. The van der Waals surface area contributed by atoms with Crippen LogP contribution < -0.4 is 0 Å². The average molecular weight is 577 g/mol. The van der Waals surface area contributed by atoms with Crippen LogP contribution in [-0.4, -0.2) is 0 Å². The second-order valence-corrected chi connectivity index (χ2v) is 23.2. The summed E-state index contributed by atoms with van der Waals surface area (Å²) in [6, 6.07) is 0. The third-order valence-electron chi connectivity index (χ3n) is 23.6. The molecule has 13 atom stereocenters. The van der Waals surface area contributed by atoms with Crippen molar-refractivity contribution >= 4 is 0 Å². The monoisotopic (exact) mass is 577 g/mol. The Hall–Kier alpha value is 0. The Bertz CT molecular complexity index is 1290. The van der Waals surface area contributed by atoms with E-state index in [-0.39, 0.29) is 5.41 Å². The van der Waals surface area contributed by atoms with Crippen LogP contribution in [0.5, 0.6) is 0 Å². The minimum Gasteiger partial charge on any atom is -0.0617 e. The van der Waals surface area contributed by atoms with Gasteiger partial charge in [-0.15, -0.1) is 0 Å². The summed E-state index contributed by atoms with van der Waals surface area (Å²) in [6.07, 6.45) is 4.40. The standard InChI is InChI=1S/C42H72/c1-24-25(2)38(17)27-26(37(24,16)34(38,11)12)21-42(22-30(27,3)4)23-36(15)28-29(41(42,20)33(36,9)10)40(19)32(7,8)31(5,6)39(28,18)35(40,13)14/h24-29H,21-23H2,1-20H3. The molecule has 0 N–H and O–H groups in total. The molecule has 0 heteroatoms. The molecule has 6 bridgehead atoms. The SMILES string of the molecule is CC1C(C)C2(C)C3C(CC4(CC3(C)C)CC3(C)C5C(C4(C)C3(C)C)C3(C)C(C)(C)C(C)(C)C5(C)C3(C)C)C1(C)C2(C)C. The average Bonchev–Trinajstić information content (AvgIpc) is 3.26. The van der Waals surface area contributed by atoms with Gasteiger partial charge in [-0.2, -0.15) is 0 Å². The van der Waals surface area contributed by atoms with Crippen LogP contribution in [0.4, 0.5) is 0 Å². The Labute approximate surface area is 263 Å². The van der Waals surface area contributed by atoms with Crippen molar-refractivity contribution in [3.8, 4) is 0 Å². The van der Waals surface area contributed by atoms with Gasteiger partial charge in [-0.05, 0) is 125 Å². The Kier molecular flexibility index (Phi) is 4.88. The summed E-state index contributed by atoms with van der Waals surface area (Å²) in [6.45, 7) is 55.0. The smallest absolute Gasteiger partial charge is 0.0175 e. The van der Waals surface area contributed by atoms with Gasteiger partial charge < -0.3 is 0 Å².